The molecule has 0 aliphatic heterocycles. The first-order valence-electron chi connectivity index (χ1n) is 8.62. The molecule has 0 unspecified atom stereocenters. The van der Waals surface area contributed by atoms with E-state index in [1.807, 2.05) is 27.7 Å². The molecule has 0 atom stereocenters. The summed E-state index contributed by atoms with van der Waals surface area (Å²) in [7, 11) is 0. The highest BCUT2D eigenvalue weighted by molar-refractivity contribution is 5.82. The lowest BCUT2D eigenvalue weighted by Gasteiger charge is -2.22. The number of hydrogen-bond acceptors (Lipinski definition) is 5. The van der Waals surface area contributed by atoms with Gasteiger partial charge in [0.15, 0.2) is 0 Å². The van der Waals surface area contributed by atoms with Crippen LogP contribution in [0.2, 0.25) is 0 Å². The minimum atomic E-state index is -0.441. The Morgan fingerprint density at radius 3 is 1.96 bits per heavy atom. The summed E-state index contributed by atoms with van der Waals surface area (Å²) >= 11 is 0. The van der Waals surface area contributed by atoms with Crippen LogP contribution in [-0.2, 0) is 19.2 Å². The molecule has 148 valence electrons. The molecule has 0 radical (unpaired) electrons. The number of rotatable bonds is 10. The number of Topliss-reactive ketones (excluding diaryl/α,β-unsaturated/α-hetero) is 1. The molecule has 0 saturated carbocycles. The first-order chi connectivity index (χ1) is 11.7. The number of amides is 3. The molecular formula is C17H36N4O4. The maximum absolute atomic E-state index is 11.7. The molecule has 0 aromatic rings. The molecule has 3 amide bonds. The second-order valence-corrected chi connectivity index (χ2v) is 5.58. The SMILES string of the molecule is CC.CC(=O)CNC=O.CCC(=O)NCCNC(=O)C(C)(C)CCN. The van der Waals surface area contributed by atoms with Gasteiger partial charge in [-0.3, -0.25) is 19.2 Å². The third-order valence-electron chi connectivity index (χ3n) is 2.87. The van der Waals surface area contributed by atoms with Gasteiger partial charge in [0.25, 0.3) is 0 Å². The van der Waals surface area contributed by atoms with E-state index < -0.39 is 5.41 Å². The fraction of sp³-hybridized carbons (Fsp3) is 0.765. The predicted molar refractivity (Wildman–Crippen MR) is 99.9 cm³/mol. The summed E-state index contributed by atoms with van der Waals surface area (Å²) in [4.78, 5) is 42.0. The van der Waals surface area contributed by atoms with Crippen molar-refractivity contribution < 1.29 is 19.2 Å². The molecule has 8 heteroatoms. The molecule has 0 rings (SSSR count). The summed E-state index contributed by atoms with van der Waals surface area (Å²) in [5, 5.41) is 7.69. The fourth-order valence-electron chi connectivity index (χ4n) is 1.40. The fourth-order valence-corrected chi connectivity index (χ4v) is 1.40. The van der Waals surface area contributed by atoms with Crippen LogP contribution in [0.4, 0.5) is 0 Å². The Kier molecular flexibility index (Phi) is 20.5. The van der Waals surface area contributed by atoms with E-state index in [1.54, 1.807) is 6.92 Å². The van der Waals surface area contributed by atoms with Gasteiger partial charge >= 0.3 is 0 Å². The van der Waals surface area contributed by atoms with Gasteiger partial charge in [0.05, 0.1) is 6.54 Å². The molecule has 0 aromatic heterocycles. The summed E-state index contributed by atoms with van der Waals surface area (Å²) in [5.41, 5.74) is 4.99. The van der Waals surface area contributed by atoms with Gasteiger partial charge in [0, 0.05) is 24.9 Å². The highest BCUT2D eigenvalue weighted by atomic mass is 16.2. The number of carbonyl (C=O) groups is 4. The van der Waals surface area contributed by atoms with E-state index in [9.17, 15) is 19.2 Å². The van der Waals surface area contributed by atoms with Crippen molar-refractivity contribution >= 4 is 24.0 Å². The lowest BCUT2D eigenvalue weighted by Crippen LogP contribution is -2.41. The van der Waals surface area contributed by atoms with E-state index in [0.29, 0.717) is 38.9 Å². The van der Waals surface area contributed by atoms with Crippen molar-refractivity contribution in [3.8, 4) is 0 Å². The predicted octanol–water partition coefficient (Wildman–Crippen LogP) is 0.351. The van der Waals surface area contributed by atoms with Gasteiger partial charge in [0.1, 0.15) is 5.78 Å². The molecule has 0 aliphatic carbocycles. The monoisotopic (exact) mass is 360 g/mol. The Balaban J connectivity index is -0.000000450. The molecule has 25 heavy (non-hydrogen) atoms. The minimum absolute atomic E-state index is 0.00420. The molecule has 5 N–H and O–H groups in total. The zero-order valence-corrected chi connectivity index (χ0v) is 16.5. The smallest absolute Gasteiger partial charge is 0.225 e. The van der Waals surface area contributed by atoms with Crippen LogP contribution in [-0.4, -0.2) is 50.2 Å². The van der Waals surface area contributed by atoms with Gasteiger partial charge in [-0.2, -0.15) is 0 Å². The van der Waals surface area contributed by atoms with Gasteiger partial charge in [-0.15, -0.1) is 0 Å². The third-order valence-corrected chi connectivity index (χ3v) is 2.87. The Morgan fingerprint density at radius 2 is 1.60 bits per heavy atom. The van der Waals surface area contributed by atoms with Crippen LogP contribution >= 0.6 is 0 Å². The third kappa shape index (κ3) is 20.0. The highest BCUT2D eigenvalue weighted by Gasteiger charge is 2.25. The van der Waals surface area contributed by atoms with Crippen molar-refractivity contribution in [1.82, 2.24) is 16.0 Å². The van der Waals surface area contributed by atoms with E-state index in [-0.39, 0.29) is 24.1 Å². The number of hydrogen-bond donors (Lipinski definition) is 4. The standard InChI is InChI=1S/C11H23N3O2.C4H7NO2.C2H6/c1-4-9(15)13-7-8-14-10(16)11(2,3)5-6-12;1-4(7)2-5-3-6;1-2/h4-8,12H2,1-3H3,(H,13,15)(H,14,16);3H,2H2,1H3,(H,5,6);1-2H3. The molecular weight excluding hydrogens is 324 g/mol. The minimum Gasteiger partial charge on any atom is -0.354 e. The van der Waals surface area contributed by atoms with Gasteiger partial charge in [-0.25, -0.2) is 0 Å². The number of carbonyl (C=O) groups excluding carboxylic acids is 4. The Hall–Kier alpha value is -1.96. The van der Waals surface area contributed by atoms with Crippen molar-refractivity contribution in [2.24, 2.45) is 11.1 Å². The Labute approximate surface area is 151 Å². The molecule has 0 aromatic carbocycles. The maximum Gasteiger partial charge on any atom is 0.225 e. The summed E-state index contributed by atoms with van der Waals surface area (Å²) < 4.78 is 0. The molecule has 0 saturated heterocycles. The van der Waals surface area contributed by atoms with Crippen molar-refractivity contribution in [2.75, 3.05) is 26.2 Å². The summed E-state index contributed by atoms with van der Waals surface area (Å²) in [6.07, 6.45) is 1.62. The Morgan fingerprint density at radius 1 is 1.08 bits per heavy atom. The largest absolute Gasteiger partial charge is 0.354 e. The van der Waals surface area contributed by atoms with Crippen LogP contribution < -0.4 is 21.7 Å². The summed E-state index contributed by atoms with van der Waals surface area (Å²) in [6, 6.07) is 0. The van der Waals surface area contributed by atoms with Crippen molar-refractivity contribution in [1.29, 1.82) is 0 Å². The number of ketones is 1. The topological polar surface area (TPSA) is 130 Å². The summed E-state index contributed by atoms with van der Waals surface area (Å²) in [5.74, 6) is -0.0636. The normalized spacial score (nSPS) is 9.40. The van der Waals surface area contributed by atoms with Crippen molar-refractivity contribution in [3.63, 3.8) is 0 Å². The van der Waals surface area contributed by atoms with E-state index >= 15 is 0 Å². The zero-order valence-electron chi connectivity index (χ0n) is 16.5. The first kappa shape index (κ1) is 27.9. The van der Waals surface area contributed by atoms with Crippen LogP contribution in [0.5, 0.6) is 0 Å². The van der Waals surface area contributed by atoms with Crippen LogP contribution in [0.3, 0.4) is 0 Å². The molecule has 0 fully saturated rings. The average Bonchev–Trinajstić information content (AvgIpc) is 2.58. The highest BCUT2D eigenvalue weighted by Crippen LogP contribution is 2.18. The number of nitrogens with two attached hydrogens (primary N) is 1. The molecule has 8 nitrogen and oxygen atoms in total. The Bertz CT molecular complexity index is 385. The summed E-state index contributed by atoms with van der Waals surface area (Å²) in [6.45, 7) is 12.5. The van der Waals surface area contributed by atoms with Crippen molar-refractivity contribution in [3.05, 3.63) is 0 Å². The van der Waals surface area contributed by atoms with Crippen LogP contribution in [0.1, 0.15) is 54.4 Å². The first-order valence-corrected chi connectivity index (χ1v) is 8.62. The molecule has 0 aliphatic rings. The molecule has 0 heterocycles. The van der Waals surface area contributed by atoms with Crippen LogP contribution in [0.15, 0.2) is 0 Å². The van der Waals surface area contributed by atoms with Crippen molar-refractivity contribution in [2.45, 2.75) is 54.4 Å². The van der Waals surface area contributed by atoms with Gasteiger partial charge in [0.2, 0.25) is 18.2 Å². The van der Waals surface area contributed by atoms with E-state index in [1.165, 1.54) is 6.92 Å². The van der Waals surface area contributed by atoms with E-state index in [0.717, 1.165) is 0 Å². The average molecular weight is 360 g/mol. The van der Waals surface area contributed by atoms with Gasteiger partial charge < -0.3 is 21.7 Å². The lowest BCUT2D eigenvalue weighted by molar-refractivity contribution is -0.129. The second kappa shape index (κ2) is 18.4. The second-order valence-electron chi connectivity index (χ2n) is 5.58. The van der Waals surface area contributed by atoms with Gasteiger partial charge in [-0.1, -0.05) is 34.6 Å². The van der Waals surface area contributed by atoms with E-state index in [2.05, 4.69) is 16.0 Å². The molecule has 0 spiro atoms. The van der Waals surface area contributed by atoms with E-state index in [4.69, 9.17) is 5.73 Å². The molecule has 0 bridgehead atoms. The quantitative estimate of drug-likeness (QED) is 0.330. The zero-order chi connectivity index (χ0) is 20.3. The lowest BCUT2D eigenvalue weighted by atomic mass is 9.88. The van der Waals surface area contributed by atoms with Crippen LogP contribution in [0.25, 0.3) is 0 Å². The maximum atomic E-state index is 11.7. The van der Waals surface area contributed by atoms with Gasteiger partial charge in [-0.05, 0) is 19.9 Å². The van der Waals surface area contributed by atoms with Crippen LogP contribution in [0, 0.1) is 5.41 Å². The number of nitrogens with one attached hydrogen (secondary N) is 3.